The molecule has 0 radical (unpaired) electrons. The third kappa shape index (κ3) is 4.33. The lowest BCUT2D eigenvalue weighted by atomic mass is 9.96. The molecule has 0 aromatic carbocycles. The lowest BCUT2D eigenvalue weighted by molar-refractivity contribution is 0.194. The minimum Gasteiger partial charge on any atom is -0.381 e. The normalized spacial score (nSPS) is 17.7. The molecule has 5 rings (SSSR count). The third-order valence-corrected chi connectivity index (χ3v) is 7.04. The minimum atomic E-state index is -0.955. The molecule has 0 amide bonds. The molecule has 3 aromatic heterocycles. The zero-order valence-electron chi connectivity index (χ0n) is 18.3. The van der Waals surface area contributed by atoms with E-state index in [0.29, 0.717) is 45.9 Å². The van der Waals surface area contributed by atoms with Crippen molar-refractivity contribution in [1.82, 2.24) is 15.0 Å². The Hall–Kier alpha value is -3.53. The molecular weight excluding hydrogens is 451 g/mol. The first-order valence-corrected chi connectivity index (χ1v) is 12.0. The largest absolute Gasteiger partial charge is 0.381 e. The standard InChI is InChI=1S/C25H21FN6OS/c26-18-12-32(13-18)24-20(9-27)23(22-5-4-16(11-30-22)17-6-8-33-14-17)21(10-28)25(31-24)34-15-19-3-1-2-7-29-19/h1-5,7,11,17-18H,6,8,12-15H2/t17-/m1/s1. The van der Waals surface area contributed by atoms with Gasteiger partial charge in [-0.3, -0.25) is 9.97 Å². The van der Waals surface area contributed by atoms with Crippen LogP contribution in [0.2, 0.25) is 0 Å². The van der Waals surface area contributed by atoms with Gasteiger partial charge in [-0.05, 0) is 30.2 Å². The number of hydrogen-bond donors (Lipinski definition) is 0. The molecule has 7 nitrogen and oxygen atoms in total. The first-order valence-electron chi connectivity index (χ1n) is 11.0. The Morgan fingerprint density at radius 1 is 1.12 bits per heavy atom. The molecule has 2 fully saturated rings. The summed E-state index contributed by atoms with van der Waals surface area (Å²) in [6, 6.07) is 13.9. The highest BCUT2D eigenvalue weighted by atomic mass is 32.2. The molecule has 2 aliphatic heterocycles. The van der Waals surface area contributed by atoms with Gasteiger partial charge in [-0.1, -0.05) is 23.9 Å². The maximum atomic E-state index is 13.7. The van der Waals surface area contributed by atoms with Gasteiger partial charge in [-0.2, -0.15) is 10.5 Å². The molecule has 0 saturated carbocycles. The fourth-order valence-electron chi connectivity index (χ4n) is 4.17. The van der Waals surface area contributed by atoms with E-state index in [-0.39, 0.29) is 18.7 Å². The molecule has 170 valence electrons. The van der Waals surface area contributed by atoms with E-state index in [9.17, 15) is 14.9 Å². The molecule has 2 aliphatic rings. The molecule has 9 heteroatoms. The van der Waals surface area contributed by atoms with Crippen molar-refractivity contribution < 1.29 is 9.13 Å². The highest BCUT2D eigenvalue weighted by Crippen LogP contribution is 2.39. The topological polar surface area (TPSA) is 98.7 Å². The number of ether oxygens (including phenoxy) is 1. The smallest absolute Gasteiger partial charge is 0.148 e. The quantitative estimate of drug-likeness (QED) is 0.492. The van der Waals surface area contributed by atoms with E-state index in [0.717, 1.165) is 24.3 Å². The summed E-state index contributed by atoms with van der Waals surface area (Å²) in [5.74, 6) is 1.20. The lowest BCUT2D eigenvalue weighted by Crippen LogP contribution is -2.49. The van der Waals surface area contributed by atoms with Gasteiger partial charge in [0.1, 0.15) is 34.7 Å². The van der Waals surface area contributed by atoms with Gasteiger partial charge in [-0.25, -0.2) is 9.37 Å². The highest BCUT2D eigenvalue weighted by molar-refractivity contribution is 7.98. The Labute approximate surface area is 201 Å². The average Bonchev–Trinajstić information content (AvgIpc) is 3.40. The van der Waals surface area contributed by atoms with Crippen molar-refractivity contribution in [2.75, 3.05) is 31.2 Å². The van der Waals surface area contributed by atoms with Gasteiger partial charge in [0.2, 0.25) is 0 Å². The van der Waals surface area contributed by atoms with Gasteiger partial charge in [0.05, 0.1) is 36.6 Å². The van der Waals surface area contributed by atoms with Crippen molar-refractivity contribution in [1.29, 1.82) is 10.5 Å². The Balaban J connectivity index is 1.58. The van der Waals surface area contributed by atoms with E-state index >= 15 is 0 Å². The Bertz CT molecular complexity index is 1260. The van der Waals surface area contributed by atoms with Crippen LogP contribution in [0.4, 0.5) is 10.2 Å². The predicted octanol–water partition coefficient (Wildman–Crippen LogP) is 4.24. The second-order valence-electron chi connectivity index (χ2n) is 8.24. The van der Waals surface area contributed by atoms with Crippen molar-refractivity contribution in [2.45, 2.75) is 29.3 Å². The summed E-state index contributed by atoms with van der Waals surface area (Å²) in [6.07, 6.45) is 3.50. The maximum Gasteiger partial charge on any atom is 0.148 e. The molecule has 0 aliphatic carbocycles. The second-order valence-corrected chi connectivity index (χ2v) is 9.20. The summed E-state index contributed by atoms with van der Waals surface area (Å²) in [4.78, 5) is 15.4. The zero-order valence-corrected chi connectivity index (χ0v) is 19.1. The van der Waals surface area contributed by atoms with Gasteiger partial charge >= 0.3 is 0 Å². The van der Waals surface area contributed by atoms with Crippen LogP contribution in [0.25, 0.3) is 11.3 Å². The Morgan fingerprint density at radius 3 is 2.59 bits per heavy atom. The van der Waals surface area contributed by atoms with Gasteiger partial charge in [0.15, 0.2) is 0 Å². The fourth-order valence-corrected chi connectivity index (χ4v) is 5.06. The molecule has 0 unspecified atom stereocenters. The molecule has 34 heavy (non-hydrogen) atoms. The molecule has 0 bridgehead atoms. The molecule has 2 saturated heterocycles. The van der Waals surface area contributed by atoms with Crippen molar-refractivity contribution in [3.05, 3.63) is 65.1 Å². The van der Waals surface area contributed by atoms with E-state index < -0.39 is 6.17 Å². The predicted molar refractivity (Wildman–Crippen MR) is 126 cm³/mol. The van der Waals surface area contributed by atoms with E-state index in [2.05, 4.69) is 27.1 Å². The van der Waals surface area contributed by atoms with Crippen LogP contribution in [0.5, 0.6) is 0 Å². The van der Waals surface area contributed by atoms with Crippen LogP contribution in [0.3, 0.4) is 0 Å². The van der Waals surface area contributed by atoms with Crippen LogP contribution in [-0.2, 0) is 10.5 Å². The first-order chi connectivity index (χ1) is 16.7. The van der Waals surface area contributed by atoms with Gasteiger partial charge < -0.3 is 9.64 Å². The van der Waals surface area contributed by atoms with E-state index in [1.807, 2.05) is 30.3 Å². The van der Waals surface area contributed by atoms with Crippen LogP contribution >= 0.6 is 11.8 Å². The van der Waals surface area contributed by atoms with Crippen LogP contribution in [0.1, 0.15) is 34.7 Å². The average molecular weight is 473 g/mol. The van der Waals surface area contributed by atoms with Crippen molar-refractivity contribution in [2.24, 2.45) is 0 Å². The molecular formula is C25H21FN6OS. The molecule has 3 aromatic rings. The number of aromatic nitrogens is 3. The van der Waals surface area contributed by atoms with Gasteiger partial charge in [-0.15, -0.1) is 0 Å². The Kier molecular flexibility index (Phi) is 6.39. The summed E-state index contributed by atoms with van der Waals surface area (Å²) in [5, 5.41) is 20.6. The van der Waals surface area contributed by atoms with E-state index in [1.54, 1.807) is 17.3 Å². The van der Waals surface area contributed by atoms with Crippen molar-refractivity contribution >= 4 is 17.6 Å². The van der Waals surface area contributed by atoms with Crippen LogP contribution in [-0.4, -0.2) is 47.4 Å². The summed E-state index contributed by atoms with van der Waals surface area (Å²) >= 11 is 1.37. The number of anilines is 1. The SMILES string of the molecule is N#Cc1c(SCc2ccccn2)nc(N2CC(F)C2)c(C#N)c1-c1ccc([C@@H]2CCOC2)cn1. The monoisotopic (exact) mass is 472 g/mol. The fraction of sp³-hybridized carbons (Fsp3) is 0.320. The number of thioether (sulfide) groups is 1. The van der Waals surface area contributed by atoms with Gasteiger partial charge in [0, 0.05) is 36.2 Å². The Morgan fingerprint density at radius 2 is 1.97 bits per heavy atom. The van der Waals surface area contributed by atoms with Crippen LogP contribution < -0.4 is 4.90 Å². The number of hydrogen-bond acceptors (Lipinski definition) is 8. The summed E-state index contributed by atoms with van der Waals surface area (Å²) < 4.78 is 19.2. The number of alkyl halides is 1. The number of nitrogens with zero attached hydrogens (tertiary/aromatic N) is 6. The summed E-state index contributed by atoms with van der Waals surface area (Å²) in [5.41, 5.74) is 3.42. The number of rotatable bonds is 6. The third-order valence-electron chi connectivity index (χ3n) is 6.03. The first kappa shape index (κ1) is 22.3. The molecule has 5 heterocycles. The molecule has 1 atom stereocenters. The second kappa shape index (κ2) is 9.76. The maximum absolute atomic E-state index is 13.7. The molecule has 0 N–H and O–H groups in total. The summed E-state index contributed by atoms with van der Waals surface area (Å²) in [6.45, 7) is 1.75. The number of halogens is 1. The van der Waals surface area contributed by atoms with Gasteiger partial charge in [0.25, 0.3) is 0 Å². The summed E-state index contributed by atoms with van der Waals surface area (Å²) in [7, 11) is 0. The van der Waals surface area contributed by atoms with Crippen molar-refractivity contribution in [3.63, 3.8) is 0 Å². The van der Waals surface area contributed by atoms with E-state index in [1.165, 1.54) is 11.8 Å². The lowest BCUT2D eigenvalue weighted by Gasteiger charge is -2.36. The van der Waals surface area contributed by atoms with Crippen LogP contribution in [0, 0.1) is 22.7 Å². The number of nitriles is 2. The number of pyridine rings is 3. The minimum absolute atomic E-state index is 0.172. The zero-order chi connectivity index (χ0) is 23.5. The highest BCUT2D eigenvalue weighted by Gasteiger charge is 2.33. The van der Waals surface area contributed by atoms with Crippen LogP contribution in [0.15, 0.2) is 47.8 Å². The molecule has 0 spiro atoms. The van der Waals surface area contributed by atoms with Crippen molar-refractivity contribution in [3.8, 4) is 23.4 Å². The van der Waals surface area contributed by atoms with E-state index in [4.69, 9.17) is 4.74 Å².